The Morgan fingerprint density at radius 3 is 1.31 bits per heavy atom. The average Bonchev–Trinajstić information content (AvgIpc) is 3.31. The van der Waals surface area contributed by atoms with Crippen molar-refractivity contribution in [1.29, 1.82) is 0 Å². The molecule has 12 nitrogen and oxygen atoms in total. The van der Waals surface area contributed by atoms with Gasteiger partial charge in [0.25, 0.3) is 0 Å². The molecule has 4 rings (SSSR count). The van der Waals surface area contributed by atoms with Crippen LogP contribution >= 0.6 is 0 Å². The second-order valence-corrected chi connectivity index (χ2v) is 10.7. The van der Waals surface area contributed by atoms with Crippen LogP contribution in [0.3, 0.4) is 0 Å². The van der Waals surface area contributed by atoms with Gasteiger partial charge in [-0.05, 0) is 23.3 Å². The Hall–Kier alpha value is -2.94. The van der Waals surface area contributed by atoms with Gasteiger partial charge in [-0.3, -0.25) is 0 Å². The number of sulfonamides is 2. The number of anilines is 2. The van der Waals surface area contributed by atoms with Gasteiger partial charge in [0.1, 0.15) is 0 Å². The first-order chi connectivity index (χ1) is 14.9. The van der Waals surface area contributed by atoms with Crippen LogP contribution in [0, 0.1) is 0 Å². The van der Waals surface area contributed by atoms with E-state index < -0.39 is 20.0 Å². The fourth-order valence-electron chi connectivity index (χ4n) is 2.72. The topological polar surface area (TPSA) is 181 Å². The second kappa shape index (κ2) is 9.28. The van der Waals surface area contributed by atoms with Crippen molar-refractivity contribution in [2.24, 2.45) is 0 Å². The van der Waals surface area contributed by atoms with E-state index in [1.54, 1.807) is 24.3 Å². The summed E-state index contributed by atoms with van der Waals surface area (Å²) in [5.41, 5.74) is 13.8. The number of rotatable bonds is 6. The van der Waals surface area contributed by atoms with E-state index in [-0.39, 0.29) is 26.7 Å². The minimum Gasteiger partial charge on any atom is -0.454 e. The molecule has 2 heterocycles. The van der Waals surface area contributed by atoms with Crippen molar-refractivity contribution in [2.45, 2.75) is 13.1 Å². The minimum absolute atomic E-state index is 0.140. The number of fused-ring (bicyclic) bond motifs is 2. The lowest BCUT2D eigenvalue weighted by molar-refractivity contribution is 0.173. The molecular formula is C18H24N4O8S2. The van der Waals surface area contributed by atoms with Gasteiger partial charge in [0, 0.05) is 36.6 Å². The third-order valence-corrected chi connectivity index (χ3v) is 5.66. The largest absolute Gasteiger partial charge is 0.454 e. The van der Waals surface area contributed by atoms with E-state index >= 15 is 0 Å². The molecule has 0 spiro atoms. The molecule has 14 heteroatoms. The number of nitrogens with two attached hydrogens (primary N) is 2. The van der Waals surface area contributed by atoms with Crippen molar-refractivity contribution in [3.05, 3.63) is 35.4 Å². The monoisotopic (exact) mass is 488 g/mol. The first kappa shape index (κ1) is 23.7. The normalized spacial score (nSPS) is 14.1. The van der Waals surface area contributed by atoms with Gasteiger partial charge in [0.2, 0.25) is 33.6 Å². The van der Waals surface area contributed by atoms with Crippen molar-refractivity contribution in [3.63, 3.8) is 0 Å². The first-order valence-corrected chi connectivity index (χ1v) is 12.9. The van der Waals surface area contributed by atoms with E-state index in [9.17, 15) is 16.8 Å². The molecule has 2 aliphatic rings. The molecule has 0 atom stereocenters. The number of benzene rings is 2. The molecule has 0 saturated carbocycles. The lowest BCUT2D eigenvalue weighted by atomic mass is 10.1. The molecule has 176 valence electrons. The van der Waals surface area contributed by atoms with Crippen LogP contribution < -0.4 is 39.9 Å². The Morgan fingerprint density at radius 1 is 0.688 bits per heavy atom. The average molecular weight is 489 g/mol. The highest BCUT2D eigenvalue weighted by molar-refractivity contribution is 7.88. The molecule has 6 N–H and O–H groups in total. The second-order valence-electron chi connectivity index (χ2n) is 7.00. The summed E-state index contributed by atoms with van der Waals surface area (Å²) in [6.07, 6.45) is 2.19. The van der Waals surface area contributed by atoms with E-state index in [1.165, 1.54) is 0 Å². The number of nitrogen functional groups attached to an aromatic ring is 2. The van der Waals surface area contributed by atoms with E-state index in [0.717, 1.165) is 12.5 Å². The maximum absolute atomic E-state index is 10.9. The molecule has 0 aromatic heterocycles. The Bertz CT molecular complexity index is 1120. The van der Waals surface area contributed by atoms with Crippen molar-refractivity contribution in [2.75, 3.05) is 37.6 Å². The number of hydrogen-bond acceptors (Lipinski definition) is 10. The molecule has 0 radical (unpaired) electrons. The van der Waals surface area contributed by atoms with Gasteiger partial charge < -0.3 is 30.4 Å². The number of ether oxygens (including phenoxy) is 4. The van der Waals surface area contributed by atoms with Crippen molar-refractivity contribution in [1.82, 2.24) is 9.44 Å². The van der Waals surface area contributed by atoms with E-state index in [1.807, 2.05) is 0 Å². The van der Waals surface area contributed by atoms with Gasteiger partial charge >= 0.3 is 0 Å². The molecule has 0 amide bonds. The smallest absolute Gasteiger partial charge is 0.231 e. The molecule has 0 saturated heterocycles. The zero-order valence-electron chi connectivity index (χ0n) is 17.4. The maximum Gasteiger partial charge on any atom is 0.231 e. The van der Waals surface area contributed by atoms with Crippen LogP contribution in [0.5, 0.6) is 23.0 Å². The Labute approximate surface area is 185 Å². The standard InChI is InChI=1S/2C9H12N2O4S/c2*1-16(12,13)11-4-6-2-8-9(3-7(6)10)15-5-14-8/h2*2-3,11H,4-5,10H2,1H3. The van der Waals surface area contributed by atoms with Gasteiger partial charge in [-0.1, -0.05) is 0 Å². The lowest BCUT2D eigenvalue weighted by Crippen LogP contribution is -2.21. The summed E-state index contributed by atoms with van der Waals surface area (Å²) in [5.74, 6) is 2.33. The van der Waals surface area contributed by atoms with Gasteiger partial charge in [0.05, 0.1) is 12.5 Å². The third kappa shape index (κ3) is 6.53. The molecular weight excluding hydrogens is 464 g/mol. The molecule has 2 aromatic rings. The van der Waals surface area contributed by atoms with Crippen LogP contribution in [-0.4, -0.2) is 42.9 Å². The van der Waals surface area contributed by atoms with Crippen molar-refractivity contribution in [3.8, 4) is 23.0 Å². The van der Waals surface area contributed by atoms with Crippen LogP contribution in [0.2, 0.25) is 0 Å². The zero-order valence-corrected chi connectivity index (χ0v) is 19.0. The third-order valence-electron chi connectivity index (χ3n) is 4.32. The molecule has 0 fully saturated rings. The molecule has 2 aromatic carbocycles. The summed E-state index contributed by atoms with van der Waals surface area (Å²) in [5, 5.41) is 0. The van der Waals surface area contributed by atoms with Gasteiger partial charge in [0.15, 0.2) is 23.0 Å². The van der Waals surface area contributed by atoms with Crippen molar-refractivity contribution >= 4 is 31.4 Å². The van der Waals surface area contributed by atoms with Crippen LogP contribution in [0.1, 0.15) is 11.1 Å². The summed E-state index contributed by atoms with van der Waals surface area (Å²) in [6, 6.07) is 6.61. The van der Waals surface area contributed by atoms with Crippen LogP contribution in [0.15, 0.2) is 24.3 Å². The fraction of sp³-hybridized carbons (Fsp3) is 0.333. The molecule has 2 aliphatic heterocycles. The fourth-order valence-corrected chi connectivity index (χ4v) is 3.56. The highest BCUT2D eigenvalue weighted by Crippen LogP contribution is 2.36. The predicted molar refractivity (Wildman–Crippen MR) is 117 cm³/mol. The molecule has 32 heavy (non-hydrogen) atoms. The summed E-state index contributed by atoms with van der Waals surface area (Å²) in [7, 11) is -6.46. The van der Waals surface area contributed by atoms with Gasteiger partial charge in [-0.15, -0.1) is 0 Å². The van der Waals surface area contributed by atoms with E-state index in [2.05, 4.69) is 9.44 Å². The molecule has 0 aliphatic carbocycles. The Kier molecular flexibility index (Phi) is 6.88. The zero-order chi connectivity index (χ0) is 23.5. The number of hydrogen-bond donors (Lipinski definition) is 4. The van der Waals surface area contributed by atoms with Crippen molar-refractivity contribution < 1.29 is 35.8 Å². The van der Waals surface area contributed by atoms with Crippen LogP contribution in [0.4, 0.5) is 11.4 Å². The van der Waals surface area contributed by atoms with Crippen LogP contribution in [-0.2, 0) is 33.1 Å². The highest BCUT2D eigenvalue weighted by atomic mass is 32.2. The van der Waals surface area contributed by atoms with Gasteiger partial charge in [-0.25, -0.2) is 26.3 Å². The molecule has 0 unspecified atom stereocenters. The Morgan fingerprint density at radius 2 is 1.00 bits per heavy atom. The van der Waals surface area contributed by atoms with Gasteiger partial charge in [-0.2, -0.15) is 0 Å². The summed E-state index contributed by atoms with van der Waals surface area (Å²) >= 11 is 0. The van der Waals surface area contributed by atoms with E-state index in [4.69, 9.17) is 30.4 Å². The predicted octanol–water partition coefficient (Wildman–Crippen LogP) is 0.0934. The minimum atomic E-state index is -3.23. The molecule has 0 bridgehead atoms. The lowest BCUT2D eigenvalue weighted by Gasteiger charge is -2.07. The maximum atomic E-state index is 10.9. The summed E-state index contributed by atoms with van der Waals surface area (Å²) < 4.78 is 69.1. The first-order valence-electron chi connectivity index (χ1n) is 9.16. The SMILES string of the molecule is CS(=O)(=O)NCc1cc2c(cc1N)OCO2.CS(=O)(=O)NCc1cc2c(cc1N)OCO2. The highest BCUT2D eigenvalue weighted by Gasteiger charge is 2.17. The summed E-state index contributed by atoms with van der Waals surface area (Å²) in [6.45, 7) is 0.609. The quantitative estimate of drug-likeness (QED) is 0.407. The van der Waals surface area contributed by atoms with Crippen LogP contribution in [0.25, 0.3) is 0 Å². The number of nitrogens with one attached hydrogen (secondary N) is 2. The van der Waals surface area contributed by atoms with E-state index in [0.29, 0.717) is 45.5 Å². The Balaban J connectivity index is 0.000000181. The summed E-state index contributed by atoms with van der Waals surface area (Å²) in [4.78, 5) is 0.